The Morgan fingerprint density at radius 1 is 1.25 bits per heavy atom. The topological polar surface area (TPSA) is 98.3 Å². The Hall–Kier alpha value is -2.83. The molecule has 0 saturated heterocycles. The van der Waals surface area contributed by atoms with Crippen molar-refractivity contribution >= 4 is 11.3 Å². The van der Waals surface area contributed by atoms with Crippen LogP contribution in [0.1, 0.15) is 11.1 Å². The van der Waals surface area contributed by atoms with E-state index in [-0.39, 0.29) is 0 Å². The quantitative estimate of drug-likeness (QED) is 0.687. The lowest BCUT2D eigenvalue weighted by atomic mass is 10.1. The van der Waals surface area contributed by atoms with Crippen molar-refractivity contribution in [2.75, 3.05) is 5.73 Å². The molecule has 3 N–H and O–H groups in total. The number of aryl methyl sites for hydroxylation is 2. The number of hydrogen-bond acceptors (Lipinski definition) is 5. The molecular formula is C13H13N5O2. The molecular weight excluding hydrogens is 258 g/mol. The summed E-state index contributed by atoms with van der Waals surface area (Å²) in [5.41, 5.74) is 8.40. The third-order valence-electron chi connectivity index (χ3n) is 3.03. The van der Waals surface area contributed by atoms with Gasteiger partial charge in [-0.1, -0.05) is 0 Å². The van der Waals surface area contributed by atoms with E-state index in [1.807, 2.05) is 26.0 Å². The highest BCUT2D eigenvalue weighted by atomic mass is 16.5. The van der Waals surface area contributed by atoms with Crippen LogP contribution in [0, 0.1) is 13.8 Å². The van der Waals surface area contributed by atoms with Crippen LogP contribution in [-0.4, -0.2) is 19.8 Å². The second-order valence-electron chi connectivity index (χ2n) is 4.55. The molecule has 2 heterocycles. The van der Waals surface area contributed by atoms with Crippen LogP contribution in [0.25, 0.3) is 5.65 Å². The van der Waals surface area contributed by atoms with Gasteiger partial charge in [0, 0.05) is 11.8 Å². The third kappa shape index (κ3) is 1.99. The number of aromatic amines is 1. The molecule has 0 aliphatic heterocycles. The van der Waals surface area contributed by atoms with Gasteiger partial charge in [0.25, 0.3) is 0 Å². The van der Waals surface area contributed by atoms with Crippen LogP contribution in [0.4, 0.5) is 5.69 Å². The lowest BCUT2D eigenvalue weighted by molar-refractivity contribution is 0.448. The molecule has 20 heavy (non-hydrogen) atoms. The van der Waals surface area contributed by atoms with E-state index in [4.69, 9.17) is 10.5 Å². The van der Waals surface area contributed by atoms with Gasteiger partial charge in [-0.2, -0.15) is 9.61 Å². The molecule has 7 nitrogen and oxygen atoms in total. The minimum atomic E-state index is -0.407. The third-order valence-corrected chi connectivity index (χ3v) is 3.03. The number of nitrogens with one attached hydrogen (secondary N) is 1. The molecule has 0 fully saturated rings. The number of nitrogen functional groups attached to an aromatic ring is 1. The number of hydrogen-bond donors (Lipinski definition) is 2. The summed E-state index contributed by atoms with van der Waals surface area (Å²) in [5.74, 6) is 0.966. The van der Waals surface area contributed by atoms with Gasteiger partial charge in [0.2, 0.25) is 5.88 Å². The van der Waals surface area contributed by atoms with Crippen LogP contribution in [0.15, 0.2) is 29.1 Å². The van der Waals surface area contributed by atoms with Crippen molar-refractivity contribution in [2.24, 2.45) is 0 Å². The van der Waals surface area contributed by atoms with E-state index in [0.717, 1.165) is 15.6 Å². The lowest BCUT2D eigenvalue weighted by Crippen LogP contribution is -2.12. The molecule has 3 aromatic rings. The number of nitrogens with two attached hydrogens (primary N) is 1. The van der Waals surface area contributed by atoms with Crippen molar-refractivity contribution < 1.29 is 4.74 Å². The average molecular weight is 271 g/mol. The van der Waals surface area contributed by atoms with Gasteiger partial charge in [-0.05, 0) is 43.2 Å². The highest BCUT2D eigenvalue weighted by Crippen LogP contribution is 2.27. The molecule has 102 valence electrons. The Balaban J connectivity index is 2.02. The minimum Gasteiger partial charge on any atom is -0.437 e. The molecule has 0 amide bonds. The second kappa shape index (κ2) is 4.37. The first-order valence-corrected chi connectivity index (χ1v) is 6.03. The van der Waals surface area contributed by atoms with Gasteiger partial charge in [0.15, 0.2) is 5.65 Å². The fraction of sp³-hybridized carbons (Fsp3) is 0.154. The molecule has 2 aromatic heterocycles. The monoisotopic (exact) mass is 271 g/mol. The van der Waals surface area contributed by atoms with Crippen LogP contribution >= 0.6 is 0 Å². The number of ether oxygens (including phenoxy) is 1. The molecule has 0 aliphatic rings. The maximum absolute atomic E-state index is 11.5. The van der Waals surface area contributed by atoms with E-state index in [9.17, 15) is 4.79 Å². The Morgan fingerprint density at radius 2 is 2.05 bits per heavy atom. The normalized spacial score (nSPS) is 10.9. The largest absolute Gasteiger partial charge is 0.437 e. The Morgan fingerprint density at radius 3 is 2.85 bits per heavy atom. The summed E-state index contributed by atoms with van der Waals surface area (Å²) in [7, 11) is 0. The van der Waals surface area contributed by atoms with Gasteiger partial charge in [-0.15, -0.1) is 5.10 Å². The van der Waals surface area contributed by atoms with E-state index >= 15 is 0 Å². The average Bonchev–Trinajstić information content (AvgIpc) is 2.78. The van der Waals surface area contributed by atoms with Crippen LogP contribution in [0.3, 0.4) is 0 Å². The molecule has 0 spiro atoms. The molecule has 7 heteroatoms. The van der Waals surface area contributed by atoms with Crippen molar-refractivity contribution in [2.45, 2.75) is 13.8 Å². The fourth-order valence-corrected chi connectivity index (χ4v) is 1.88. The van der Waals surface area contributed by atoms with Crippen LogP contribution in [-0.2, 0) is 0 Å². The summed E-state index contributed by atoms with van der Waals surface area (Å²) in [6.07, 6.45) is 0. The number of anilines is 1. The molecule has 0 aliphatic carbocycles. The van der Waals surface area contributed by atoms with Crippen molar-refractivity contribution in [3.05, 3.63) is 45.9 Å². The number of benzene rings is 1. The van der Waals surface area contributed by atoms with Crippen molar-refractivity contribution in [1.29, 1.82) is 0 Å². The van der Waals surface area contributed by atoms with Gasteiger partial charge in [0.05, 0.1) is 0 Å². The van der Waals surface area contributed by atoms with E-state index in [1.54, 1.807) is 12.1 Å². The number of fused-ring (bicyclic) bond motifs is 1. The summed E-state index contributed by atoms with van der Waals surface area (Å²) >= 11 is 0. The van der Waals surface area contributed by atoms with Gasteiger partial charge in [0.1, 0.15) is 5.75 Å². The number of aromatic nitrogens is 4. The summed E-state index contributed by atoms with van der Waals surface area (Å²) in [6.45, 7) is 3.80. The first-order chi connectivity index (χ1) is 9.54. The Labute approximate surface area is 114 Å². The number of H-pyrrole nitrogens is 1. The maximum atomic E-state index is 11.5. The van der Waals surface area contributed by atoms with Crippen molar-refractivity contribution in [3.8, 4) is 11.6 Å². The molecule has 0 saturated carbocycles. The smallest absolute Gasteiger partial charge is 0.364 e. The summed E-state index contributed by atoms with van der Waals surface area (Å²) in [6, 6.07) is 6.99. The predicted octanol–water partition coefficient (Wildman–Crippen LogP) is 1.41. The van der Waals surface area contributed by atoms with Crippen LogP contribution in [0.2, 0.25) is 0 Å². The Bertz CT molecular complexity index is 850. The molecule has 1 aromatic carbocycles. The molecule has 0 radical (unpaired) electrons. The predicted molar refractivity (Wildman–Crippen MR) is 74.0 cm³/mol. The standard InChI is InChI=1S/C13H13N5O2/c1-7-6-10(8(2)5-9(7)14)20-12-4-3-11-15-16-13(19)18(11)17-12/h3-6H,14H2,1-2H3,(H,16,19). The highest BCUT2D eigenvalue weighted by molar-refractivity contribution is 5.54. The van der Waals surface area contributed by atoms with E-state index in [1.165, 1.54) is 0 Å². The van der Waals surface area contributed by atoms with Gasteiger partial charge in [-0.25, -0.2) is 9.89 Å². The second-order valence-corrected chi connectivity index (χ2v) is 4.55. The highest BCUT2D eigenvalue weighted by Gasteiger charge is 2.08. The van der Waals surface area contributed by atoms with E-state index in [2.05, 4.69) is 15.3 Å². The Kier molecular flexibility index (Phi) is 2.67. The number of nitrogens with zero attached hydrogens (tertiary/aromatic N) is 3. The zero-order chi connectivity index (χ0) is 14.3. The van der Waals surface area contributed by atoms with Crippen LogP contribution < -0.4 is 16.2 Å². The fourth-order valence-electron chi connectivity index (χ4n) is 1.88. The first-order valence-electron chi connectivity index (χ1n) is 6.03. The first kappa shape index (κ1) is 12.2. The van der Waals surface area contributed by atoms with Gasteiger partial charge in [-0.3, -0.25) is 0 Å². The molecule has 3 rings (SSSR count). The summed E-state index contributed by atoms with van der Waals surface area (Å²) in [4.78, 5) is 11.5. The minimum absolute atomic E-state index is 0.313. The molecule has 0 bridgehead atoms. The molecule has 0 atom stereocenters. The zero-order valence-electron chi connectivity index (χ0n) is 11.0. The van der Waals surface area contributed by atoms with E-state index in [0.29, 0.717) is 23.0 Å². The SMILES string of the molecule is Cc1cc(Oc2ccc3n[nH]c(=O)n3n2)c(C)cc1N. The number of rotatable bonds is 2. The summed E-state index contributed by atoms with van der Waals surface area (Å²) in [5, 5.41) is 10.2. The van der Waals surface area contributed by atoms with Gasteiger partial charge < -0.3 is 10.5 Å². The lowest BCUT2D eigenvalue weighted by Gasteiger charge is -2.10. The zero-order valence-corrected chi connectivity index (χ0v) is 11.0. The van der Waals surface area contributed by atoms with Crippen molar-refractivity contribution in [3.63, 3.8) is 0 Å². The maximum Gasteiger partial charge on any atom is 0.364 e. The van der Waals surface area contributed by atoms with Gasteiger partial charge >= 0.3 is 5.69 Å². The molecule has 0 unspecified atom stereocenters. The van der Waals surface area contributed by atoms with Crippen molar-refractivity contribution in [1.82, 2.24) is 19.8 Å². The summed E-state index contributed by atoms with van der Waals surface area (Å²) < 4.78 is 6.86. The van der Waals surface area contributed by atoms with E-state index < -0.39 is 5.69 Å². The van der Waals surface area contributed by atoms with Crippen LogP contribution in [0.5, 0.6) is 11.6 Å².